The highest BCUT2D eigenvalue weighted by atomic mass is 28.4. The van der Waals surface area contributed by atoms with E-state index in [0.29, 0.717) is 19.8 Å². The van der Waals surface area contributed by atoms with Crippen LogP contribution in [0.1, 0.15) is 37.5 Å². The van der Waals surface area contributed by atoms with Gasteiger partial charge in [-0.05, 0) is 114 Å². The number of rotatable bonds is 13. The summed E-state index contributed by atoms with van der Waals surface area (Å²) in [6, 6.07) is 43.2. The minimum Gasteiger partial charge on any atom is -0.370 e. The topological polar surface area (TPSA) is 34.2 Å². The van der Waals surface area contributed by atoms with Gasteiger partial charge < -0.3 is 23.1 Å². The summed E-state index contributed by atoms with van der Waals surface area (Å²) in [5, 5.41) is 0.961. The Morgan fingerprint density at radius 2 is 0.600 bits per heavy atom. The fourth-order valence-corrected chi connectivity index (χ4v) is 7.95. The molecule has 0 heterocycles. The molecular weight excluding hydrogens is 573 g/mol. The lowest BCUT2D eigenvalue weighted by Gasteiger charge is -2.30. The minimum atomic E-state index is -3.01. The third-order valence-corrected chi connectivity index (χ3v) is 10.8. The fraction of sp³-hybridized carbons (Fsp3) is 0.231. The van der Waals surface area contributed by atoms with E-state index in [1.54, 1.807) is 0 Å². The van der Waals surface area contributed by atoms with Gasteiger partial charge in [0.15, 0.2) is 0 Å². The first kappa shape index (κ1) is 32.2. The van der Waals surface area contributed by atoms with Gasteiger partial charge in [-0.25, -0.2) is 0 Å². The van der Waals surface area contributed by atoms with Gasteiger partial charge >= 0.3 is 8.80 Å². The third-order valence-electron chi connectivity index (χ3n) is 7.72. The van der Waals surface area contributed by atoms with Gasteiger partial charge in [0.25, 0.3) is 0 Å². The molecule has 0 atom stereocenters. The molecule has 0 bridgehead atoms. The van der Waals surface area contributed by atoms with Gasteiger partial charge in [0, 0.05) is 59.1 Å². The number of hydrogen-bond donors (Lipinski definition) is 0. The van der Waals surface area contributed by atoms with Crippen LogP contribution in [0.15, 0.2) is 121 Å². The van der Waals surface area contributed by atoms with E-state index in [9.17, 15) is 0 Å². The standard InChI is InChI=1S/C39H44N2O3Si/c1-7-42-45(43-8-2,44-9-3)39-28-26-38(27-29-39)41(35-20-14-32(6)15-21-35)37-24-22-36(23-25-37)40(33-16-10-30(4)11-17-33)34-18-12-31(5)13-19-34/h10-29H,7-9H2,1-6H3. The van der Waals surface area contributed by atoms with E-state index in [4.69, 9.17) is 13.3 Å². The number of hydrogen-bond acceptors (Lipinski definition) is 5. The molecule has 0 fully saturated rings. The third kappa shape index (κ3) is 7.38. The Kier molecular flexibility index (Phi) is 10.5. The zero-order chi connectivity index (χ0) is 31.8. The molecule has 0 aromatic heterocycles. The van der Waals surface area contributed by atoms with Crippen LogP contribution in [0.2, 0.25) is 0 Å². The van der Waals surface area contributed by atoms with Crippen LogP contribution in [0.5, 0.6) is 0 Å². The van der Waals surface area contributed by atoms with Crippen LogP contribution < -0.4 is 15.0 Å². The highest BCUT2D eigenvalue weighted by Gasteiger charge is 2.43. The van der Waals surface area contributed by atoms with Gasteiger partial charge in [0.05, 0.1) is 0 Å². The molecule has 5 rings (SSSR count). The molecule has 0 unspecified atom stereocenters. The Hall–Kier alpha value is -4.20. The summed E-state index contributed by atoms with van der Waals surface area (Å²) in [5.74, 6) is 0. The zero-order valence-electron chi connectivity index (χ0n) is 27.3. The molecule has 5 aromatic rings. The molecule has 0 spiro atoms. The summed E-state index contributed by atoms with van der Waals surface area (Å²) in [6.45, 7) is 13.9. The Balaban J connectivity index is 1.55. The summed E-state index contributed by atoms with van der Waals surface area (Å²) in [4.78, 5) is 4.58. The van der Waals surface area contributed by atoms with Gasteiger partial charge in [-0.3, -0.25) is 0 Å². The molecule has 0 aliphatic carbocycles. The van der Waals surface area contributed by atoms with Crippen molar-refractivity contribution in [2.24, 2.45) is 0 Å². The average molecular weight is 617 g/mol. The molecule has 0 saturated carbocycles. The van der Waals surface area contributed by atoms with Crippen molar-refractivity contribution in [2.45, 2.75) is 41.5 Å². The Labute approximate surface area is 270 Å². The van der Waals surface area contributed by atoms with Crippen molar-refractivity contribution in [3.05, 3.63) is 138 Å². The van der Waals surface area contributed by atoms with E-state index >= 15 is 0 Å². The van der Waals surface area contributed by atoms with Gasteiger partial charge in [-0.2, -0.15) is 0 Å². The number of anilines is 6. The predicted octanol–water partition coefficient (Wildman–Crippen LogP) is 9.81. The highest BCUT2D eigenvalue weighted by molar-refractivity contribution is 6.75. The lowest BCUT2D eigenvalue weighted by Crippen LogP contribution is -2.56. The second kappa shape index (κ2) is 14.7. The first-order chi connectivity index (χ1) is 21.9. The summed E-state index contributed by atoms with van der Waals surface area (Å²) in [7, 11) is -3.01. The van der Waals surface area contributed by atoms with Crippen LogP contribution in [0, 0.1) is 20.8 Å². The maximum atomic E-state index is 6.18. The van der Waals surface area contributed by atoms with Crippen LogP contribution in [0.3, 0.4) is 0 Å². The first-order valence-electron chi connectivity index (χ1n) is 15.8. The van der Waals surface area contributed by atoms with Gasteiger partial charge in [-0.1, -0.05) is 65.2 Å². The van der Waals surface area contributed by atoms with Crippen molar-refractivity contribution < 1.29 is 13.3 Å². The number of aryl methyl sites for hydroxylation is 3. The minimum absolute atomic E-state index is 0.526. The van der Waals surface area contributed by atoms with E-state index < -0.39 is 8.80 Å². The molecule has 0 aliphatic rings. The van der Waals surface area contributed by atoms with Crippen LogP contribution in [0.25, 0.3) is 0 Å². The molecule has 0 N–H and O–H groups in total. The predicted molar refractivity (Wildman–Crippen MR) is 190 cm³/mol. The molecular formula is C39H44N2O3Si. The SMILES string of the molecule is CCO[Si](OCC)(OCC)c1ccc(N(c2ccc(C)cc2)c2ccc(N(c3ccc(C)cc3)c3ccc(C)cc3)cc2)cc1. The van der Waals surface area contributed by atoms with Crippen LogP contribution in [-0.2, 0) is 13.3 Å². The van der Waals surface area contributed by atoms with Gasteiger partial charge in [-0.15, -0.1) is 0 Å². The summed E-state index contributed by atoms with van der Waals surface area (Å²) in [6.07, 6.45) is 0. The smallest absolute Gasteiger partial charge is 0.370 e. The number of benzene rings is 5. The maximum Gasteiger partial charge on any atom is 0.537 e. The summed E-state index contributed by atoms with van der Waals surface area (Å²) < 4.78 is 18.5. The first-order valence-corrected chi connectivity index (χ1v) is 17.5. The maximum absolute atomic E-state index is 6.18. The second-order valence-electron chi connectivity index (χ2n) is 11.1. The van der Waals surface area contributed by atoms with E-state index in [2.05, 4.69) is 152 Å². The molecule has 6 heteroatoms. The van der Waals surface area contributed by atoms with Gasteiger partial charge in [0.1, 0.15) is 0 Å². The average Bonchev–Trinajstić information content (AvgIpc) is 3.05. The molecule has 232 valence electrons. The molecule has 0 saturated heterocycles. The summed E-state index contributed by atoms with van der Waals surface area (Å²) >= 11 is 0. The second-order valence-corrected chi connectivity index (χ2v) is 13.7. The Morgan fingerprint density at radius 3 is 0.844 bits per heavy atom. The van der Waals surface area contributed by atoms with Crippen LogP contribution in [-0.4, -0.2) is 28.6 Å². The lowest BCUT2D eigenvalue weighted by molar-refractivity contribution is 0.0859. The van der Waals surface area contributed by atoms with Crippen molar-refractivity contribution in [3.63, 3.8) is 0 Å². The highest BCUT2D eigenvalue weighted by Crippen LogP contribution is 2.39. The van der Waals surface area contributed by atoms with E-state index in [-0.39, 0.29) is 0 Å². The lowest BCUT2D eigenvalue weighted by atomic mass is 10.1. The number of nitrogens with zero attached hydrogens (tertiary/aromatic N) is 2. The molecule has 5 nitrogen and oxygen atoms in total. The molecule has 0 amide bonds. The fourth-order valence-electron chi connectivity index (χ4n) is 5.49. The van der Waals surface area contributed by atoms with Crippen molar-refractivity contribution in [2.75, 3.05) is 29.6 Å². The quantitative estimate of drug-likeness (QED) is 0.123. The molecule has 45 heavy (non-hydrogen) atoms. The van der Waals surface area contributed by atoms with Crippen molar-refractivity contribution in [1.82, 2.24) is 0 Å². The van der Waals surface area contributed by atoms with Gasteiger partial charge in [0.2, 0.25) is 0 Å². The summed E-state index contributed by atoms with van der Waals surface area (Å²) in [5.41, 5.74) is 10.2. The zero-order valence-corrected chi connectivity index (χ0v) is 28.3. The van der Waals surface area contributed by atoms with Crippen molar-refractivity contribution in [1.29, 1.82) is 0 Å². The molecule has 0 radical (unpaired) electrons. The Bertz CT molecular complexity index is 1570. The van der Waals surface area contributed by atoms with Crippen LogP contribution in [0.4, 0.5) is 34.1 Å². The van der Waals surface area contributed by atoms with Crippen LogP contribution >= 0.6 is 0 Å². The van der Waals surface area contributed by atoms with E-state index in [0.717, 1.165) is 39.3 Å². The monoisotopic (exact) mass is 616 g/mol. The largest absolute Gasteiger partial charge is 0.537 e. The molecule has 5 aromatic carbocycles. The Morgan fingerprint density at radius 1 is 0.378 bits per heavy atom. The van der Waals surface area contributed by atoms with Crippen molar-refractivity contribution in [3.8, 4) is 0 Å². The van der Waals surface area contributed by atoms with Crippen molar-refractivity contribution >= 4 is 48.1 Å². The molecule has 0 aliphatic heterocycles. The van der Waals surface area contributed by atoms with E-state index in [1.807, 2.05) is 20.8 Å². The normalized spacial score (nSPS) is 11.4. The van der Waals surface area contributed by atoms with E-state index in [1.165, 1.54) is 16.7 Å².